The van der Waals surface area contributed by atoms with Crippen LogP contribution in [0.2, 0.25) is 0 Å². The second kappa shape index (κ2) is 9.29. The van der Waals surface area contributed by atoms with E-state index in [0.717, 1.165) is 5.56 Å². The minimum absolute atomic E-state index is 0.181. The monoisotopic (exact) mass is 402 g/mol. The van der Waals surface area contributed by atoms with Crippen molar-refractivity contribution in [2.75, 3.05) is 0 Å². The summed E-state index contributed by atoms with van der Waals surface area (Å²) in [5, 5.41) is 20.3. The molecule has 2 aromatic carbocycles. The third-order valence-electron chi connectivity index (χ3n) is 4.10. The van der Waals surface area contributed by atoms with Crippen LogP contribution in [0.25, 0.3) is 0 Å². The Kier molecular flexibility index (Phi) is 7.27. The van der Waals surface area contributed by atoms with Gasteiger partial charge in [-0.1, -0.05) is 36.4 Å². The van der Waals surface area contributed by atoms with Crippen molar-refractivity contribution < 1.29 is 29.2 Å². The van der Waals surface area contributed by atoms with Crippen LogP contribution in [0.1, 0.15) is 45.7 Å². The molecule has 0 spiro atoms. The molecule has 29 heavy (non-hydrogen) atoms. The smallest absolute Gasteiger partial charge is 0.488 e. The van der Waals surface area contributed by atoms with E-state index in [0.29, 0.717) is 17.9 Å². The number of carbonyl (C=O) groups excluding carboxylic acids is 1. The minimum atomic E-state index is -1.26. The number of aliphatic hydroxyl groups excluding tert-OH is 1. The molecular weight excluding hydrogens is 372 g/mol. The maximum absolute atomic E-state index is 12.0. The standard InChI is InChI=1S/C23H30O6/c1-22(2,3)29-21(25)28-18-12-11-17(13-20(24)23(4,5)26)19(14-18)27-15-16-9-7-6-8-10-16/h6-12,14,20,24,26H,13,15H2,1-5H3/t20-/m0/s1. The number of rotatable bonds is 7. The molecule has 6 heteroatoms. The summed E-state index contributed by atoms with van der Waals surface area (Å²) in [7, 11) is 0. The minimum Gasteiger partial charge on any atom is -0.488 e. The Morgan fingerprint density at radius 1 is 1.03 bits per heavy atom. The molecule has 0 aromatic heterocycles. The highest BCUT2D eigenvalue weighted by Crippen LogP contribution is 2.29. The quantitative estimate of drug-likeness (QED) is 0.532. The van der Waals surface area contributed by atoms with Crippen molar-refractivity contribution in [2.45, 2.75) is 65.0 Å². The van der Waals surface area contributed by atoms with Gasteiger partial charge in [0, 0.05) is 12.5 Å². The number of hydrogen-bond acceptors (Lipinski definition) is 6. The first-order valence-corrected chi connectivity index (χ1v) is 9.55. The summed E-state index contributed by atoms with van der Waals surface area (Å²) >= 11 is 0. The largest absolute Gasteiger partial charge is 0.514 e. The van der Waals surface area contributed by atoms with E-state index >= 15 is 0 Å². The molecule has 0 saturated heterocycles. The lowest BCUT2D eigenvalue weighted by Gasteiger charge is -2.25. The van der Waals surface area contributed by atoms with Crippen LogP contribution in [0.15, 0.2) is 48.5 Å². The van der Waals surface area contributed by atoms with Crippen LogP contribution in [0, 0.1) is 0 Å². The summed E-state index contributed by atoms with van der Waals surface area (Å²) in [6.45, 7) is 8.66. The first-order valence-electron chi connectivity index (χ1n) is 9.55. The number of hydrogen-bond donors (Lipinski definition) is 2. The Bertz CT molecular complexity index is 802. The van der Waals surface area contributed by atoms with Gasteiger partial charge < -0.3 is 24.4 Å². The maximum Gasteiger partial charge on any atom is 0.514 e. The molecule has 2 aromatic rings. The van der Waals surface area contributed by atoms with Crippen LogP contribution in [-0.4, -0.2) is 33.7 Å². The van der Waals surface area contributed by atoms with Crippen LogP contribution in [0.3, 0.4) is 0 Å². The van der Waals surface area contributed by atoms with E-state index in [9.17, 15) is 15.0 Å². The van der Waals surface area contributed by atoms with Crippen molar-refractivity contribution in [1.82, 2.24) is 0 Å². The lowest BCUT2D eigenvalue weighted by molar-refractivity contribution is -0.0471. The molecule has 2 rings (SSSR count). The van der Waals surface area contributed by atoms with Crippen molar-refractivity contribution in [3.63, 3.8) is 0 Å². The van der Waals surface area contributed by atoms with Crippen molar-refractivity contribution in [2.24, 2.45) is 0 Å². The molecule has 158 valence electrons. The summed E-state index contributed by atoms with van der Waals surface area (Å²) in [4.78, 5) is 12.0. The molecule has 0 unspecified atom stereocenters. The summed E-state index contributed by atoms with van der Waals surface area (Å²) in [6, 6.07) is 14.5. The zero-order valence-electron chi connectivity index (χ0n) is 17.6. The molecule has 1 atom stereocenters. The number of benzene rings is 2. The fraction of sp³-hybridized carbons (Fsp3) is 0.435. The zero-order chi connectivity index (χ0) is 21.7. The first-order chi connectivity index (χ1) is 13.4. The maximum atomic E-state index is 12.0. The van der Waals surface area contributed by atoms with Gasteiger partial charge in [-0.25, -0.2) is 4.79 Å². The van der Waals surface area contributed by atoms with Gasteiger partial charge in [0.25, 0.3) is 0 Å². The molecule has 2 N–H and O–H groups in total. The fourth-order valence-electron chi connectivity index (χ4n) is 2.46. The zero-order valence-corrected chi connectivity index (χ0v) is 17.6. The Morgan fingerprint density at radius 2 is 1.69 bits per heavy atom. The number of ether oxygens (including phenoxy) is 3. The third kappa shape index (κ3) is 7.75. The Morgan fingerprint density at radius 3 is 2.28 bits per heavy atom. The summed E-state index contributed by atoms with van der Waals surface area (Å²) in [5.74, 6) is 0.724. The van der Waals surface area contributed by atoms with Crippen molar-refractivity contribution in [3.05, 3.63) is 59.7 Å². The summed E-state index contributed by atoms with van der Waals surface area (Å²) < 4.78 is 16.4. The summed E-state index contributed by atoms with van der Waals surface area (Å²) in [6.07, 6.45) is -1.62. The van der Waals surface area contributed by atoms with E-state index < -0.39 is 23.5 Å². The van der Waals surface area contributed by atoms with E-state index in [-0.39, 0.29) is 12.2 Å². The molecule has 0 heterocycles. The molecular formula is C23H30O6. The van der Waals surface area contributed by atoms with Crippen LogP contribution in [-0.2, 0) is 17.8 Å². The van der Waals surface area contributed by atoms with E-state index in [1.54, 1.807) is 52.8 Å². The van der Waals surface area contributed by atoms with E-state index in [1.165, 1.54) is 0 Å². The highest BCUT2D eigenvalue weighted by Gasteiger charge is 2.26. The second-order valence-electron chi connectivity index (χ2n) is 8.48. The van der Waals surface area contributed by atoms with Gasteiger partial charge in [-0.05, 0) is 51.8 Å². The SMILES string of the molecule is CC(C)(C)OC(=O)Oc1ccc(C[C@H](O)C(C)(C)O)c(OCc2ccccc2)c1. The van der Waals surface area contributed by atoms with Crippen molar-refractivity contribution >= 4 is 6.16 Å². The molecule has 6 nitrogen and oxygen atoms in total. The molecule has 0 saturated carbocycles. The Balaban J connectivity index is 2.21. The predicted molar refractivity (Wildman–Crippen MR) is 110 cm³/mol. The second-order valence-corrected chi connectivity index (χ2v) is 8.48. The molecule has 0 aliphatic heterocycles. The average Bonchev–Trinajstić information content (AvgIpc) is 2.60. The third-order valence-corrected chi connectivity index (χ3v) is 4.10. The van der Waals surface area contributed by atoms with E-state index in [2.05, 4.69) is 0 Å². The molecule has 0 radical (unpaired) electrons. The topological polar surface area (TPSA) is 85.2 Å². The number of aliphatic hydroxyl groups is 2. The lowest BCUT2D eigenvalue weighted by atomic mass is 9.95. The van der Waals surface area contributed by atoms with Gasteiger partial charge in [-0.3, -0.25) is 0 Å². The van der Waals surface area contributed by atoms with Crippen LogP contribution in [0.4, 0.5) is 4.79 Å². The van der Waals surface area contributed by atoms with E-state index in [1.807, 2.05) is 30.3 Å². The first kappa shape index (κ1) is 22.7. The summed E-state index contributed by atoms with van der Waals surface area (Å²) in [5.41, 5.74) is -0.268. The van der Waals surface area contributed by atoms with Gasteiger partial charge >= 0.3 is 6.16 Å². The van der Waals surface area contributed by atoms with Crippen LogP contribution >= 0.6 is 0 Å². The highest BCUT2D eigenvalue weighted by molar-refractivity contribution is 5.64. The van der Waals surface area contributed by atoms with Gasteiger partial charge in [0.05, 0.1) is 11.7 Å². The molecule has 0 bridgehead atoms. The van der Waals surface area contributed by atoms with Gasteiger partial charge in [0.2, 0.25) is 0 Å². The fourth-order valence-corrected chi connectivity index (χ4v) is 2.46. The van der Waals surface area contributed by atoms with Gasteiger partial charge in [0.1, 0.15) is 23.7 Å². The highest BCUT2D eigenvalue weighted by atomic mass is 16.7. The van der Waals surface area contributed by atoms with Crippen LogP contribution in [0.5, 0.6) is 11.5 Å². The molecule has 0 fully saturated rings. The predicted octanol–water partition coefficient (Wildman–Crippen LogP) is 4.25. The molecule has 0 aliphatic carbocycles. The van der Waals surface area contributed by atoms with Crippen molar-refractivity contribution in [3.8, 4) is 11.5 Å². The van der Waals surface area contributed by atoms with Gasteiger partial charge in [-0.2, -0.15) is 0 Å². The average molecular weight is 402 g/mol. The Labute approximate surface area is 172 Å². The van der Waals surface area contributed by atoms with Crippen molar-refractivity contribution in [1.29, 1.82) is 0 Å². The van der Waals surface area contributed by atoms with Gasteiger partial charge in [0.15, 0.2) is 0 Å². The number of carbonyl (C=O) groups is 1. The van der Waals surface area contributed by atoms with Crippen LogP contribution < -0.4 is 9.47 Å². The molecule has 0 amide bonds. The Hall–Kier alpha value is -2.57. The lowest BCUT2D eigenvalue weighted by Crippen LogP contribution is -2.37. The van der Waals surface area contributed by atoms with E-state index in [4.69, 9.17) is 14.2 Å². The molecule has 0 aliphatic rings. The van der Waals surface area contributed by atoms with Gasteiger partial charge in [-0.15, -0.1) is 0 Å². The normalized spacial score (nSPS) is 12.9.